The van der Waals surface area contributed by atoms with E-state index in [4.69, 9.17) is 14.2 Å². The molecule has 3 aromatic carbocycles. The van der Waals surface area contributed by atoms with Gasteiger partial charge in [0, 0.05) is 12.0 Å². The molecular weight excluding hydrogens is 504 g/mol. The summed E-state index contributed by atoms with van der Waals surface area (Å²) in [5.41, 5.74) is 2.71. The van der Waals surface area contributed by atoms with Gasteiger partial charge in [0.25, 0.3) is 5.78 Å². The molecule has 2 aliphatic heterocycles. The fourth-order valence-corrected chi connectivity index (χ4v) is 6.00. The summed E-state index contributed by atoms with van der Waals surface area (Å²) in [4.78, 5) is 33.1. The maximum absolute atomic E-state index is 13.5. The molecule has 0 aliphatic carbocycles. The van der Waals surface area contributed by atoms with E-state index in [0.29, 0.717) is 39.7 Å². The number of Topliss-reactive ketones (excluding diaryl/α,β-unsaturated/α-hetero) is 1. The first-order valence-corrected chi connectivity index (χ1v) is 12.9. The van der Waals surface area contributed by atoms with Gasteiger partial charge in [0.2, 0.25) is 0 Å². The number of aliphatic hydroxyl groups excluding tert-OH is 1. The molecule has 1 aromatic heterocycles. The predicted molar refractivity (Wildman–Crippen MR) is 144 cm³/mol. The molecule has 0 unspecified atom stereocenters. The van der Waals surface area contributed by atoms with Gasteiger partial charge in [0.15, 0.2) is 5.13 Å². The number of ketones is 1. The van der Waals surface area contributed by atoms with Crippen LogP contribution in [0.5, 0.6) is 17.2 Å². The summed E-state index contributed by atoms with van der Waals surface area (Å²) < 4.78 is 17.2. The van der Waals surface area contributed by atoms with Gasteiger partial charge in [-0.25, -0.2) is 4.98 Å². The average molecular weight is 529 g/mol. The minimum atomic E-state index is -0.883. The molecule has 2 atom stereocenters. The molecule has 4 aromatic rings. The second-order valence-electron chi connectivity index (χ2n) is 9.23. The Kier molecular flexibility index (Phi) is 5.80. The van der Waals surface area contributed by atoms with Crippen molar-refractivity contribution in [3.63, 3.8) is 0 Å². The first-order chi connectivity index (χ1) is 18.4. The van der Waals surface area contributed by atoms with Gasteiger partial charge in [0.05, 0.1) is 36.1 Å². The maximum Gasteiger partial charge on any atom is 0.301 e. The highest BCUT2D eigenvalue weighted by Gasteiger charge is 2.48. The van der Waals surface area contributed by atoms with Crippen LogP contribution in [0.15, 0.2) is 66.2 Å². The molecule has 0 radical (unpaired) electrons. The molecule has 0 saturated carbocycles. The van der Waals surface area contributed by atoms with Crippen molar-refractivity contribution in [1.82, 2.24) is 4.98 Å². The number of hydrogen-bond donors (Lipinski definition) is 1. The number of fused-ring (bicyclic) bond motifs is 2. The summed E-state index contributed by atoms with van der Waals surface area (Å²) in [7, 11) is 3.14. The summed E-state index contributed by atoms with van der Waals surface area (Å²) in [5, 5.41) is 11.8. The molecule has 0 spiro atoms. The van der Waals surface area contributed by atoms with E-state index in [-0.39, 0.29) is 17.4 Å². The lowest BCUT2D eigenvalue weighted by Gasteiger charge is -2.23. The van der Waals surface area contributed by atoms with Crippen molar-refractivity contribution in [1.29, 1.82) is 0 Å². The number of rotatable bonds is 5. The van der Waals surface area contributed by atoms with Crippen LogP contribution < -0.4 is 19.1 Å². The molecule has 38 heavy (non-hydrogen) atoms. The number of aliphatic hydroxyl groups is 1. The van der Waals surface area contributed by atoms with Crippen LogP contribution in [-0.2, 0) is 16.0 Å². The highest BCUT2D eigenvalue weighted by molar-refractivity contribution is 7.22. The molecule has 1 N–H and O–H groups in total. The van der Waals surface area contributed by atoms with Crippen molar-refractivity contribution in [3.8, 4) is 17.2 Å². The van der Waals surface area contributed by atoms with Crippen molar-refractivity contribution < 1.29 is 28.9 Å². The number of amides is 1. The summed E-state index contributed by atoms with van der Waals surface area (Å²) in [6.07, 6.45) is 0.729. The standard InChI is InChI=1S/C29H24N2O6S/c1-15-12-18-13-17(6-11-22(18)37-15)26(32)24-25(16-4-7-19(35-2)8-5-16)31(28(34)27(24)33)29-30-21-10-9-20(36-3)14-23(21)38-29/h4-11,13-15,25,32H,12H2,1-3H3/t15-,25+/m1/s1. The van der Waals surface area contributed by atoms with E-state index in [1.807, 2.05) is 19.1 Å². The van der Waals surface area contributed by atoms with Crippen LogP contribution in [0.3, 0.4) is 0 Å². The van der Waals surface area contributed by atoms with E-state index in [1.54, 1.807) is 62.8 Å². The van der Waals surface area contributed by atoms with Gasteiger partial charge in [-0.05, 0) is 66.6 Å². The van der Waals surface area contributed by atoms with Crippen LogP contribution >= 0.6 is 11.3 Å². The van der Waals surface area contributed by atoms with E-state index in [9.17, 15) is 14.7 Å². The smallest absolute Gasteiger partial charge is 0.301 e. The molecule has 192 valence electrons. The number of aromatic nitrogens is 1. The first-order valence-electron chi connectivity index (χ1n) is 12.1. The van der Waals surface area contributed by atoms with Gasteiger partial charge in [-0.1, -0.05) is 23.5 Å². The Hall–Kier alpha value is -4.37. The zero-order valence-electron chi connectivity index (χ0n) is 20.9. The summed E-state index contributed by atoms with van der Waals surface area (Å²) in [6.45, 7) is 1.97. The van der Waals surface area contributed by atoms with Crippen LogP contribution in [-0.4, -0.2) is 42.1 Å². The van der Waals surface area contributed by atoms with E-state index < -0.39 is 17.7 Å². The van der Waals surface area contributed by atoms with Crippen molar-refractivity contribution >= 4 is 44.1 Å². The highest BCUT2D eigenvalue weighted by atomic mass is 32.1. The van der Waals surface area contributed by atoms with Crippen LogP contribution in [0.1, 0.15) is 29.7 Å². The number of nitrogens with zero attached hydrogens (tertiary/aromatic N) is 2. The molecule has 3 heterocycles. The second kappa shape index (κ2) is 9.18. The second-order valence-corrected chi connectivity index (χ2v) is 10.2. The topological polar surface area (TPSA) is 98.2 Å². The lowest BCUT2D eigenvalue weighted by Crippen LogP contribution is -2.29. The minimum absolute atomic E-state index is 0.00363. The van der Waals surface area contributed by atoms with Gasteiger partial charge in [-0.2, -0.15) is 0 Å². The van der Waals surface area contributed by atoms with Crippen LogP contribution in [0.4, 0.5) is 5.13 Å². The third-order valence-electron chi connectivity index (χ3n) is 6.84. The van der Waals surface area contributed by atoms with Crippen molar-refractivity contribution in [3.05, 3.63) is 82.9 Å². The van der Waals surface area contributed by atoms with Gasteiger partial charge in [-0.15, -0.1) is 0 Å². The monoisotopic (exact) mass is 528 g/mol. The summed E-state index contributed by atoms with van der Waals surface area (Å²) in [5.74, 6) is 0.284. The number of carbonyl (C=O) groups is 2. The molecular formula is C29H24N2O6S. The van der Waals surface area contributed by atoms with Gasteiger partial charge >= 0.3 is 5.91 Å². The third kappa shape index (κ3) is 3.86. The molecule has 1 amide bonds. The molecule has 1 fully saturated rings. The lowest BCUT2D eigenvalue weighted by molar-refractivity contribution is -0.132. The van der Waals surface area contributed by atoms with Crippen molar-refractivity contribution in [2.24, 2.45) is 0 Å². The quantitative estimate of drug-likeness (QED) is 0.214. The number of thiazole rings is 1. The Morgan fingerprint density at radius 2 is 1.76 bits per heavy atom. The Morgan fingerprint density at radius 1 is 1.03 bits per heavy atom. The van der Waals surface area contributed by atoms with Gasteiger partial charge in [0.1, 0.15) is 29.1 Å². The first kappa shape index (κ1) is 24.0. The Balaban J connectivity index is 1.52. The number of methoxy groups -OCH3 is 2. The van der Waals surface area contributed by atoms with Crippen molar-refractivity contribution in [2.75, 3.05) is 19.1 Å². The van der Waals surface area contributed by atoms with E-state index >= 15 is 0 Å². The summed E-state index contributed by atoms with van der Waals surface area (Å²) >= 11 is 1.28. The minimum Gasteiger partial charge on any atom is -0.507 e. The van der Waals surface area contributed by atoms with Gasteiger partial charge in [-0.3, -0.25) is 14.5 Å². The zero-order valence-corrected chi connectivity index (χ0v) is 21.7. The van der Waals surface area contributed by atoms with Crippen LogP contribution in [0.2, 0.25) is 0 Å². The Bertz CT molecular complexity index is 1620. The number of carbonyl (C=O) groups excluding carboxylic acids is 2. The third-order valence-corrected chi connectivity index (χ3v) is 7.85. The number of ether oxygens (including phenoxy) is 3. The number of anilines is 1. The van der Waals surface area contributed by atoms with E-state index in [2.05, 4.69) is 4.98 Å². The SMILES string of the molecule is COc1ccc([C@H]2C(=C(O)c3ccc4c(c3)C[C@@H](C)O4)C(=O)C(=O)N2c2nc3ccc(OC)cc3s2)cc1. The van der Waals surface area contributed by atoms with Crippen molar-refractivity contribution in [2.45, 2.75) is 25.5 Å². The lowest BCUT2D eigenvalue weighted by atomic mass is 9.94. The van der Waals surface area contributed by atoms with Crippen LogP contribution in [0.25, 0.3) is 16.0 Å². The average Bonchev–Trinajstić information content (AvgIpc) is 3.60. The number of hydrogen-bond acceptors (Lipinski definition) is 8. The predicted octanol–water partition coefficient (Wildman–Crippen LogP) is 5.26. The van der Waals surface area contributed by atoms with E-state index in [0.717, 1.165) is 16.0 Å². The highest BCUT2D eigenvalue weighted by Crippen LogP contribution is 2.45. The molecule has 1 saturated heterocycles. The number of benzene rings is 3. The fraction of sp³-hybridized carbons (Fsp3) is 0.207. The summed E-state index contributed by atoms with van der Waals surface area (Å²) in [6, 6.07) is 16.9. The Labute approximate surface area is 222 Å². The fourth-order valence-electron chi connectivity index (χ4n) is 4.98. The van der Waals surface area contributed by atoms with E-state index in [1.165, 1.54) is 16.2 Å². The molecule has 6 rings (SSSR count). The Morgan fingerprint density at radius 3 is 2.50 bits per heavy atom. The largest absolute Gasteiger partial charge is 0.507 e. The van der Waals surface area contributed by atoms with Crippen LogP contribution in [0, 0.1) is 0 Å². The zero-order chi connectivity index (χ0) is 26.6. The molecule has 8 nitrogen and oxygen atoms in total. The molecule has 9 heteroatoms. The maximum atomic E-state index is 13.5. The molecule has 0 bridgehead atoms. The van der Waals surface area contributed by atoms with Gasteiger partial charge < -0.3 is 19.3 Å². The normalized spacial score (nSPS) is 20.0. The molecule has 2 aliphatic rings.